The van der Waals surface area contributed by atoms with Gasteiger partial charge in [-0.15, -0.1) is 10.2 Å². The number of fused-ring (bicyclic) bond motifs is 1. The number of primary amides is 1. The van der Waals surface area contributed by atoms with Gasteiger partial charge in [-0.25, -0.2) is 0 Å². The zero-order valence-electron chi connectivity index (χ0n) is 16.8. The molecule has 1 aliphatic carbocycles. The van der Waals surface area contributed by atoms with Crippen LogP contribution in [0.1, 0.15) is 39.3 Å². The van der Waals surface area contributed by atoms with E-state index in [1.54, 1.807) is 0 Å². The number of carbonyl (C=O) groups excluding carboxylic acids is 2. The van der Waals surface area contributed by atoms with Crippen LogP contribution in [0.5, 0.6) is 0 Å². The molecule has 0 unspecified atom stereocenters. The second-order valence-corrected chi connectivity index (χ2v) is 10.6. The fourth-order valence-corrected chi connectivity index (χ4v) is 6.43. The molecule has 4 rings (SSSR count). The van der Waals surface area contributed by atoms with E-state index in [0.29, 0.717) is 14.4 Å². The van der Waals surface area contributed by atoms with Crippen LogP contribution in [-0.4, -0.2) is 38.0 Å². The lowest BCUT2D eigenvalue weighted by atomic mass is 10.1. The Hall–Kier alpha value is -2.10. The van der Waals surface area contributed by atoms with Gasteiger partial charge in [0, 0.05) is 22.6 Å². The quantitative estimate of drug-likeness (QED) is 0.405. The third kappa shape index (κ3) is 4.48. The zero-order valence-corrected chi connectivity index (χ0v) is 19.3. The van der Waals surface area contributed by atoms with Gasteiger partial charge in [0.15, 0.2) is 14.5 Å². The van der Waals surface area contributed by atoms with E-state index in [1.165, 1.54) is 52.4 Å². The number of rotatable bonds is 8. The maximum atomic E-state index is 12.9. The van der Waals surface area contributed by atoms with Crippen molar-refractivity contribution in [3.8, 4) is 5.69 Å². The molecule has 0 bridgehead atoms. The summed E-state index contributed by atoms with van der Waals surface area (Å²) < 4.78 is 3.56. The van der Waals surface area contributed by atoms with Crippen molar-refractivity contribution in [2.45, 2.75) is 41.8 Å². The lowest BCUT2D eigenvalue weighted by molar-refractivity contribution is -0.115. The van der Waals surface area contributed by atoms with Gasteiger partial charge in [0.05, 0.1) is 11.5 Å². The molecule has 2 heterocycles. The third-order valence-corrected chi connectivity index (χ3v) is 8.34. The van der Waals surface area contributed by atoms with Gasteiger partial charge in [-0.3, -0.25) is 9.59 Å². The molecule has 6 nitrogen and oxygen atoms in total. The fraction of sp³-hybridized carbons (Fsp3) is 0.333. The number of Topliss-reactive ketones (excluding diaryl/α,β-unsaturated/α-hetero) is 1. The van der Waals surface area contributed by atoms with Crippen LogP contribution in [0.4, 0.5) is 0 Å². The highest BCUT2D eigenvalue weighted by molar-refractivity contribution is 8.03. The summed E-state index contributed by atoms with van der Waals surface area (Å²) in [6.07, 6.45) is 3.51. The van der Waals surface area contributed by atoms with Crippen LogP contribution in [-0.2, 0) is 17.6 Å². The van der Waals surface area contributed by atoms with Crippen LogP contribution in [0.25, 0.3) is 5.69 Å². The van der Waals surface area contributed by atoms with Crippen LogP contribution < -0.4 is 5.73 Å². The summed E-state index contributed by atoms with van der Waals surface area (Å²) in [5, 5.41) is 8.12. The van der Waals surface area contributed by atoms with Gasteiger partial charge in [0.2, 0.25) is 5.91 Å². The highest BCUT2D eigenvalue weighted by Crippen LogP contribution is 2.31. The van der Waals surface area contributed by atoms with E-state index in [2.05, 4.69) is 33.0 Å². The van der Waals surface area contributed by atoms with Crippen LogP contribution in [0.15, 0.2) is 32.9 Å². The summed E-state index contributed by atoms with van der Waals surface area (Å²) in [4.78, 5) is 23.8. The summed E-state index contributed by atoms with van der Waals surface area (Å²) in [5.41, 5.74) is 11.9. The molecule has 2 N–H and O–H groups in total. The van der Waals surface area contributed by atoms with Gasteiger partial charge in [-0.1, -0.05) is 40.9 Å². The molecular weight excluding hydrogens is 436 g/mol. The molecule has 0 spiro atoms. The van der Waals surface area contributed by atoms with Crippen molar-refractivity contribution in [2.75, 3.05) is 11.5 Å². The predicted octanol–water partition coefficient (Wildman–Crippen LogP) is 3.99. The van der Waals surface area contributed by atoms with Crippen LogP contribution in [0, 0.1) is 13.8 Å². The van der Waals surface area contributed by atoms with E-state index in [0.717, 1.165) is 35.5 Å². The molecule has 1 aromatic carbocycles. The Kier molecular flexibility index (Phi) is 6.31. The van der Waals surface area contributed by atoms with E-state index >= 15 is 0 Å². The molecule has 3 aromatic rings. The monoisotopic (exact) mass is 458 g/mol. The molecule has 0 radical (unpaired) electrons. The summed E-state index contributed by atoms with van der Waals surface area (Å²) in [7, 11) is 0. The molecule has 1 amide bonds. The smallest absolute Gasteiger partial charge is 0.227 e. The SMILES string of the molecule is Cc1cc(C(=O)CSc2nnc(SCC(N)=O)s2)c(C)n1-c1ccc2c(c1)CCC2. The summed E-state index contributed by atoms with van der Waals surface area (Å²) in [6.45, 7) is 4.04. The lowest BCUT2D eigenvalue weighted by Gasteiger charge is -2.12. The van der Waals surface area contributed by atoms with Crippen molar-refractivity contribution in [1.29, 1.82) is 0 Å². The van der Waals surface area contributed by atoms with E-state index in [9.17, 15) is 9.59 Å². The number of nitrogens with two attached hydrogens (primary N) is 1. The Bertz CT molecular complexity index is 1120. The Balaban J connectivity index is 1.46. The zero-order chi connectivity index (χ0) is 21.3. The van der Waals surface area contributed by atoms with Gasteiger partial charge in [-0.05, 0) is 62.4 Å². The number of aryl methyl sites for hydroxylation is 3. The van der Waals surface area contributed by atoms with Crippen molar-refractivity contribution >= 4 is 46.6 Å². The number of amides is 1. The largest absolute Gasteiger partial charge is 0.369 e. The van der Waals surface area contributed by atoms with Gasteiger partial charge in [-0.2, -0.15) is 0 Å². The normalized spacial score (nSPS) is 12.9. The average molecular weight is 459 g/mol. The molecule has 0 saturated carbocycles. The Morgan fingerprint density at radius 1 is 1.07 bits per heavy atom. The fourth-order valence-electron chi connectivity index (χ4n) is 3.79. The van der Waals surface area contributed by atoms with Crippen molar-refractivity contribution in [2.24, 2.45) is 5.73 Å². The molecule has 0 aliphatic heterocycles. The summed E-state index contributed by atoms with van der Waals surface area (Å²) >= 11 is 4.00. The van der Waals surface area contributed by atoms with Gasteiger partial charge >= 0.3 is 0 Å². The molecular formula is C21H22N4O2S3. The second kappa shape index (κ2) is 8.95. The maximum absolute atomic E-state index is 12.9. The first kappa shape index (κ1) is 21.1. The number of thioether (sulfide) groups is 2. The van der Waals surface area contributed by atoms with Gasteiger partial charge < -0.3 is 10.3 Å². The number of carbonyl (C=O) groups is 2. The molecule has 1 aliphatic rings. The Morgan fingerprint density at radius 3 is 2.50 bits per heavy atom. The topological polar surface area (TPSA) is 90.9 Å². The number of hydrogen-bond acceptors (Lipinski definition) is 7. The van der Waals surface area contributed by atoms with E-state index in [1.807, 2.05) is 19.9 Å². The molecule has 9 heteroatoms. The molecule has 0 atom stereocenters. The molecule has 0 fully saturated rings. The molecule has 2 aromatic heterocycles. The Morgan fingerprint density at radius 2 is 1.77 bits per heavy atom. The van der Waals surface area contributed by atoms with Crippen LogP contribution in [0.2, 0.25) is 0 Å². The Labute approximate surface area is 187 Å². The number of ketones is 1. The standard InChI is InChI=1S/C21H22N4O2S3/c1-12-8-17(13(2)25(12)16-7-6-14-4-3-5-15(14)9-16)18(26)10-28-20-23-24-21(30-20)29-11-19(22)27/h6-9H,3-5,10-11H2,1-2H3,(H2,22,27). The van der Waals surface area contributed by atoms with Crippen molar-refractivity contribution < 1.29 is 9.59 Å². The molecule has 30 heavy (non-hydrogen) atoms. The molecule has 0 saturated heterocycles. The minimum atomic E-state index is -0.390. The number of benzene rings is 1. The second-order valence-electron chi connectivity index (χ2n) is 7.23. The van der Waals surface area contributed by atoms with E-state index in [4.69, 9.17) is 5.73 Å². The lowest BCUT2D eigenvalue weighted by Crippen LogP contribution is -2.12. The highest BCUT2D eigenvalue weighted by Gasteiger charge is 2.19. The summed E-state index contributed by atoms with van der Waals surface area (Å²) in [5.74, 6) is 0.150. The number of aromatic nitrogens is 3. The molecule has 156 valence electrons. The first-order valence-corrected chi connectivity index (χ1v) is 12.4. The number of hydrogen-bond donors (Lipinski definition) is 1. The third-order valence-electron chi connectivity index (χ3n) is 5.12. The maximum Gasteiger partial charge on any atom is 0.227 e. The minimum Gasteiger partial charge on any atom is -0.369 e. The van der Waals surface area contributed by atoms with E-state index < -0.39 is 5.91 Å². The van der Waals surface area contributed by atoms with Crippen LogP contribution >= 0.6 is 34.9 Å². The van der Waals surface area contributed by atoms with Crippen molar-refractivity contribution in [3.63, 3.8) is 0 Å². The predicted molar refractivity (Wildman–Crippen MR) is 122 cm³/mol. The van der Waals surface area contributed by atoms with Gasteiger partial charge in [0.1, 0.15) is 0 Å². The van der Waals surface area contributed by atoms with Crippen molar-refractivity contribution in [3.05, 3.63) is 52.3 Å². The minimum absolute atomic E-state index is 0.0713. The highest BCUT2D eigenvalue weighted by atomic mass is 32.2. The van der Waals surface area contributed by atoms with Crippen molar-refractivity contribution in [1.82, 2.24) is 14.8 Å². The van der Waals surface area contributed by atoms with Crippen LogP contribution in [0.3, 0.4) is 0 Å². The first-order valence-electron chi connectivity index (χ1n) is 9.64. The summed E-state index contributed by atoms with van der Waals surface area (Å²) in [6, 6.07) is 8.61. The van der Waals surface area contributed by atoms with Gasteiger partial charge in [0.25, 0.3) is 0 Å². The first-order chi connectivity index (χ1) is 14.4. The number of nitrogens with zero attached hydrogens (tertiary/aromatic N) is 3. The van der Waals surface area contributed by atoms with E-state index in [-0.39, 0.29) is 11.5 Å². The average Bonchev–Trinajstić information content (AvgIpc) is 3.43.